The SMILES string of the molecule is COc1ccc(Nc2c(Cc3ccccc3C)c(C)c(C#N)c3nc4ccccc4n23)c([N+](=O)[O-])c1. The van der Waals surface area contributed by atoms with E-state index in [1.54, 1.807) is 12.1 Å². The van der Waals surface area contributed by atoms with Crippen molar-refractivity contribution in [2.24, 2.45) is 0 Å². The van der Waals surface area contributed by atoms with Crippen LogP contribution in [0.3, 0.4) is 0 Å². The Morgan fingerprint density at radius 2 is 1.86 bits per heavy atom. The third kappa shape index (κ3) is 3.77. The molecule has 0 aliphatic rings. The fourth-order valence-corrected chi connectivity index (χ4v) is 4.55. The van der Waals surface area contributed by atoms with Gasteiger partial charge >= 0.3 is 0 Å². The molecule has 1 N–H and O–H groups in total. The predicted molar refractivity (Wildman–Crippen MR) is 139 cm³/mol. The second kappa shape index (κ2) is 9.04. The summed E-state index contributed by atoms with van der Waals surface area (Å²) in [6.07, 6.45) is 0.530. The number of para-hydroxylation sites is 2. The second-order valence-corrected chi connectivity index (χ2v) is 8.57. The zero-order valence-electron chi connectivity index (χ0n) is 20.1. The Morgan fingerprint density at radius 1 is 1.11 bits per heavy atom. The molecule has 178 valence electrons. The van der Waals surface area contributed by atoms with Gasteiger partial charge in [0.15, 0.2) is 5.65 Å². The Labute approximate surface area is 207 Å². The van der Waals surface area contributed by atoms with Crippen molar-refractivity contribution < 1.29 is 9.66 Å². The first-order valence-corrected chi connectivity index (χ1v) is 11.4. The Hall–Kier alpha value is -4.90. The monoisotopic (exact) mass is 477 g/mol. The number of ether oxygens (including phenoxy) is 1. The number of anilines is 2. The molecule has 0 radical (unpaired) electrons. The van der Waals surface area contributed by atoms with Gasteiger partial charge in [0.2, 0.25) is 0 Å². The number of nitro benzene ring substituents is 1. The number of nitrogens with zero attached hydrogens (tertiary/aromatic N) is 4. The molecule has 5 aromatic rings. The van der Waals surface area contributed by atoms with Gasteiger partial charge in [-0.05, 0) is 54.8 Å². The van der Waals surface area contributed by atoms with Crippen LogP contribution < -0.4 is 10.1 Å². The van der Waals surface area contributed by atoms with E-state index in [1.807, 2.05) is 60.7 Å². The second-order valence-electron chi connectivity index (χ2n) is 8.57. The third-order valence-corrected chi connectivity index (χ3v) is 6.52. The molecule has 0 aliphatic carbocycles. The largest absolute Gasteiger partial charge is 0.496 e. The first-order valence-electron chi connectivity index (χ1n) is 11.4. The molecule has 2 heterocycles. The summed E-state index contributed by atoms with van der Waals surface area (Å²) in [5.74, 6) is 1.02. The molecule has 8 heteroatoms. The predicted octanol–water partition coefficient (Wildman–Crippen LogP) is 6.23. The van der Waals surface area contributed by atoms with Crippen LogP contribution in [0.5, 0.6) is 5.75 Å². The maximum Gasteiger partial charge on any atom is 0.296 e. The molecular weight excluding hydrogens is 454 g/mol. The lowest BCUT2D eigenvalue weighted by Crippen LogP contribution is -2.10. The Bertz CT molecular complexity index is 1700. The zero-order chi connectivity index (χ0) is 25.4. The Balaban J connectivity index is 1.85. The van der Waals surface area contributed by atoms with Crippen molar-refractivity contribution in [2.75, 3.05) is 12.4 Å². The highest BCUT2D eigenvalue weighted by Crippen LogP contribution is 2.37. The lowest BCUT2D eigenvalue weighted by atomic mass is 9.95. The van der Waals surface area contributed by atoms with Gasteiger partial charge < -0.3 is 10.1 Å². The number of imidazole rings is 1. The van der Waals surface area contributed by atoms with Crippen molar-refractivity contribution in [1.29, 1.82) is 5.26 Å². The van der Waals surface area contributed by atoms with E-state index in [0.29, 0.717) is 34.9 Å². The van der Waals surface area contributed by atoms with Crippen LogP contribution in [0.1, 0.15) is 27.8 Å². The van der Waals surface area contributed by atoms with Gasteiger partial charge in [0.25, 0.3) is 5.69 Å². The molecule has 5 rings (SSSR count). The van der Waals surface area contributed by atoms with Gasteiger partial charge in [-0.25, -0.2) is 4.98 Å². The molecule has 0 spiro atoms. The fourth-order valence-electron chi connectivity index (χ4n) is 4.55. The summed E-state index contributed by atoms with van der Waals surface area (Å²) in [5.41, 5.74) is 6.57. The molecule has 0 unspecified atom stereocenters. The summed E-state index contributed by atoms with van der Waals surface area (Å²) >= 11 is 0. The van der Waals surface area contributed by atoms with Crippen molar-refractivity contribution in [3.05, 3.63) is 105 Å². The van der Waals surface area contributed by atoms with Gasteiger partial charge in [-0.15, -0.1) is 0 Å². The molecule has 8 nitrogen and oxygen atoms in total. The van der Waals surface area contributed by atoms with Crippen LogP contribution >= 0.6 is 0 Å². The number of aryl methyl sites for hydroxylation is 1. The number of hydrogen-bond acceptors (Lipinski definition) is 6. The number of fused-ring (bicyclic) bond motifs is 3. The lowest BCUT2D eigenvalue weighted by molar-refractivity contribution is -0.384. The topological polar surface area (TPSA) is 105 Å². The van der Waals surface area contributed by atoms with E-state index in [4.69, 9.17) is 9.72 Å². The average molecular weight is 478 g/mol. The fraction of sp³-hybridized carbons (Fsp3) is 0.143. The van der Waals surface area contributed by atoms with Crippen molar-refractivity contribution >= 4 is 33.9 Å². The zero-order valence-corrected chi connectivity index (χ0v) is 20.1. The van der Waals surface area contributed by atoms with E-state index in [2.05, 4.69) is 17.5 Å². The minimum Gasteiger partial charge on any atom is -0.496 e. The van der Waals surface area contributed by atoms with Gasteiger partial charge in [-0.2, -0.15) is 5.26 Å². The van der Waals surface area contributed by atoms with E-state index in [1.165, 1.54) is 13.2 Å². The molecule has 0 saturated heterocycles. The van der Waals surface area contributed by atoms with Gasteiger partial charge in [-0.3, -0.25) is 14.5 Å². The molecule has 0 amide bonds. The summed E-state index contributed by atoms with van der Waals surface area (Å²) in [4.78, 5) is 16.2. The van der Waals surface area contributed by atoms with Crippen molar-refractivity contribution in [3.63, 3.8) is 0 Å². The van der Waals surface area contributed by atoms with Crippen LogP contribution in [0.4, 0.5) is 17.2 Å². The number of rotatable bonds is 6. The van der Waals surface area contributed by atoms with Crippen LogP contribution in [0, 0.1) is 35.3 Å². The number of nitrogens with one attached hydrogen (secondary N) is 1. The molecule has 0 fully saturated rings. The highest BCUT2D eigenvalue weighted by molar-refractivity contribution is 5.87. The summed E-state index contributed by atoms with van der Waals surface area (Å²) in [6.45, 7) is 3.95. The first-order chi connectivity index (χ1) is 17.4. The summed E-state index contributed by atoms with van der Waals surface area (Å²) < 4.78 is 7.10. The first kappa shape index (κ1) is 22.9. The maximum absolute atomic E-state index is 11.9. The smallest absolute Gasteiger partial charge is 0.296 e. The van der Waals surface area contributed by atoms with Crippen LogP contribution in [0.25, 0.3) is 16.7 Å². The van der Waals surface area contributed by atoms with Crippen LogP contribution in [0.2, 0.25) is 0 Å². The standard InChI is InChI=1S/C28H23N5O3/c1-17-8-4-5-9-19(17)14-21-18(2)22(16-29)28-30-23-10-6-7-11-25(23)32(28)27(21)31-24-13-12-20(36-3)15-26(24)33(34)35/h4-13,15,31H,14H2,1-3H3. The van der Waals surface area contributed by atoms with Crippen molar-refractivity contribution in [1.82, 2.24) is 9.38 Å². The third-order valence-electron chi connectivity index (χ3n) is 6.52. The van der Waals surface area contributed by atoms with Crippen LogP contribution in [-0.4, -0.2) is 21.4 Å². The highest BCUT2D eigenvalue weighted by atomic mass is 16.6. The molecule has 0 bridgehead atoms. The normalized spacial score (nSPS) is 10.9. The van der Waals surface area contributed by atoms with E-state index >= 15 is 0 Å². The van der Waals surface area contributed by atoms with Crippen molar-refractivity contribution in [2.45, 2.75) is 20.3 Å². The summed E-state index contributed by atoms with van der Waals surface area (Å²) in [7, 11) is 1.47. The number of benzene rings is 3. The van der Waals surface area contributed by atoms with Gasteiger partial charge in [-0.1, -0.05) is 36.4 Å². The molecular formula is C28H23N5O3. The van der Waals surface area contributed by atoms with E-state index < -0.39 is 4.92 Å². The lowest BCUT2D eigenvalue weighted by Gasteiger charge is -2.20. The van der Waals surface area contributed by atoms with E-state index in [9.17, 15) is 15.4 Å². The van der Waals surface area contributed by atoms with Gasteiger partial charge in [0, 0.05) is 12.0 Å². The van der Waals surface area contributed by atoms with E-state index in [0.717, 1.165) is 33.3 Å². The Kier molecular flexibility index (Phi) is 5.74. The maximum atomic E-state index is 11.9. The minimum atomic E-state index is -0.439. The quantitative estimate of drug-likeness (QED) is 0.230. The van der Waals surface area contributed by atoms with Gasteiger partial charge in [0.1, 0.15) is 23.3 Å². The number of nitriles is 1. The van der Waals surface area contributed by atoms with Crippen LogP contribution in [0.15, 0.2) is 66.7 Å². The average Bonchev–Trinajstić information content (AvgIpc) is 3.26. The Morgan fingerprint density at radius 3 is 2.58 bits per heavy atom. The molecule has 2 aromatic heterocycles. The number of nitro groups is 1. The number of hydrogen-bond donors (Lipinski definition) is 1. The van der Waals surface area contributed by atoms with Gasteiger partial charge in [0.05, 0.1) is 34.7 Å². The number of aromatic nitrogens is 2. The number of methoxy groups -OCH3 is 1. The summed E-state index contributed by atoms with van der Waals surface area (Å²) in [6, 6.07) is 22.7. The van der Waals surface area contributed by atoms with Crippen molar-refractivity contribution in [3.8, 4) is 11.8 Å². The van der Waals surface area contributed by atoms with Crippen LogP contribution in [-0.2, 0) is 6.42 Å². The summed E-state index contributed by atoms with van der Waals surface area (Å²) in [5, 5.41) is 25.4. The van der Waals surface area contributed by atoms with E-state index in [-0.39, 0.29) is 5.69 Å². The molecule has 0 saturated carbocycles. The highest BCUT2D eigenvalue weighted by Gasteiger charge is 2.24. The molecule has 0 aliphatic heterocycles. The molecule has 0 atom stereocenters. The minimum absolute atomic E-state index is 0.115. The molecule has 3 aromatic carbocycles. The number of pyridine rings is 1. The molecule has 36 heavy (non-hydrogen) atoms.